The van der Waals surface area contributed by atoms with Crippen LogP contribution in [0, 0.1) is 29.4 Å². The second-order valence-electron chi connectivity index (χ2n) is 11.9. The van der Waals surface area contributed by atoms with Gasteiger partial charge in [-0.15, -0.1) is 0 Å². The zero-order valence-corrected chi connectivity index (χ0v) is 22.8. The van der Waals surface area contributed by atoms with E-state index in [0.717, 1.165) is 56.3 Å². The summed E-state index contributed by atoms with van der Waals surface area (Å²) in [5.41, 5.74) is 0.464. The molecule has 0 bridgehead atoms. The molecule has 2 aromatic carbocycles. The molecular formula is C31H40F4N4. The van der Waals surface area contributed by atoms with Crippen LogP contribution >= 0.6 is 0 Å². The Morgan fingerprint density at radius 2 is 1.74 bits per heavy atom. The summed E-state index contributed by atoms with van der Waals surface area (Å²) in [5, 5.41) is 10.2. The topological polar surface area (TPSA) is 39.3 Å². The first-order valence-corrected chi connectivity index (χ1v) is 14.1. The first-order chi connectivity index (χ1) is 18.6. The fraction of sp³-hybridized carbons (Fsp3) is 0.548. The van der Waals surface area contributed by atoms with E-state index in [2.05, 4.69) is 34.4 Å². The molecule has 2 aliphatic carbocycles. The lowest BCUT2D eigenvalue weighted by Gasteiger charge is -2.36. The number of piperidine rings is 1. The molecule has 1 aliphatic heterocycles. The average Bonchev–Trinajstić information content (AvgIpc) is 3.43. The highest BCUT2D eigenvalue weighted by atomic mass is 19.2. The van der Waals surface area contributed by atoms with Crippen molar-refractivity contribution in [1.82, 2.24) is 10.2 Å². The van der Waals surface area contributed by atoms with E-state index >= 15 is 0 Å². The Morgan fingerprint density at radius 3 is 2.41 bits per heavy atom. The largest absolute Gasteiger partial charge is 0.382 e. The van der Waals surface area contributed by atoms with Gasteiger partial charge in [0.05, 0.1) is 0 Å². The first kappa shape index (κ1) is 28.0. The molecule has 3 fully saturated rings. The first-order valence-electron chi connectivity index (χ1n) is 14.1. The molecule has 0 radical (unpaired) electrons. The fourth-order valence-electron chi connectivity index (χ4n) is 6.72. The van der Waals surface area contributed by atoms with Crippen molar-refractivity contribution in [3.05, 3.63) is 71.9 Å². The van der Waals surface area contributed by atoms with Crippen molar-refractivity contribution >= 4 is 11.4 Å². The number of alkyl halides is 2. The summed E-state index contributed by atoms with van der Waals surface area (Å²) < 4.78 is 54.1. The van der Waals surface area contributed by atoms with Crippen molar-refractivity contribution in [3.8, 4) is 0 Å². The van der Waals surface area contributed by atoms with Crippen LogP contribution in [-0.4, -0.2) is 49.3 Å². The standard InChI is InChI=1S/C31H40F4N4/c1-19(37-23-6-4-5-21(13-23)31(3,35)18-32)15-36-20(2)30-26-16-39(17-27(26)30)25-10-7-22(8-11-25)38-24-9-12-28(33)29(34)14-24/h4-6,9,12-14,20,22,25-27,30,36-38H,1,7-8,10-11,15-18H2,2-3H3. The Kier molecular flexibility index (Phi) is 8.24. The zero-order valence-electron chi connectivity index (χ0n) is 22.8. The van der Waals surface area contributed by atoms with Crippen molar-refractivity contribution in [2.75, 3.05) is 36.9 Å². The highest BCUT2D eigenvalue weighted by molar-refractivity contribution is 5.51. The van der Waals surface area contributed by atoms with Crippen LogP contribution in [0.4, 0.5) is 28.9 Å². The van der Waals surface area contributed by atoms with Crippen LogP contribution in [0.15, 0.2) is 54.7 Å². The summed E-state index contributed by atoms with van der Waals surface area (Å²) in [6.07, 6.45) is 4.32. The summed E-state index contributed by atoms with van der Waals surface area (Å²) in [7, 11) is 0. The van der Waals surface area contributed by atoms with E-state index in [9.17, 15) is 17.6 Å². The third-order valence-electron chi connectivity index (χ3n) is 9.04. The molecule has 4 unspecified atom stereocenters. The van der Waals surface area contributed by atoms with Gasteiger partial charge in [-0.2, -0.15) is 0 Å². The predicted octanol–water partition coefficient (Wildman–Crippen LogP) is 6.62. The minimum atomic E-state index is -2.00. The monoisotopic (exact) mass is 544 g/mol. The van der Waals surface area contributed by atoms with Gasteiger partial charge in [0.2, 0.25) is 0 Å². The van der Waals surface area contributed by atoms with Gasteiger partial charge >= 0.3 is 0 Å². The highest BCUT2D eigenvalue weighted by Gasteiger charge is 2.58. The molecule has 0 aromatic heterocycles. The van der Waals surface area contributed by atoms with Crippen LogP contribution in [0.25, 0.3) is 0 Å². The molecular weight excluding hydrogens is 504 g/mol. The van der Waals surface area contributed by atoms with E-state index in [1.54, 1.807) is 24.3 Å². The SMILES string of the molecule is C=C(CNC(C)C1C2CN(C3CCC(Nc4ccc(F)c(F)c4)CC3)CC21)Nc1cccc(C(C)(F)CF)c1. The number of hydrogen-bond acceptors (Lipinski definition) is 4. The van der Waals surface area contributed by atoms with E-state index in [1.165, 1.54) is 19.1 Å². The molecule has 2 aromatic rings. The molecule has 3 aliphatic rings. The van der Waals surface area contributed by atoms with Gasteiger partial charge in [0.25, 0.3) is 0 Å². The molecule has 1 saturated heterocycles. The van der Waals surface area contributed by atoms with Crippen molar-refractivity contribution < 1.29 is 17.6 Å². The lowest BCUT2D eigenvalue weighted by Crippen LogP contribution is -2.42. The Hall–Kier alpha value is -2.58. The maximum atomic E-state index is 14.3. The third kappa shape index (κ3) is 6.43. The van der Waals surface area contributed by atoms with Crippen LogP contribution in [0.1, 0.15) is 45.1 Å². The molecule has 2 saturated carbocycles. The Bertz CT molecular complexity index is 1150. The van der Waals surface area contributed by atoms with E-state index in [4.69, 9.17) is 0 Å². The molecule has 4 atom stereocenters. The van der Waals surface area contributed by atoms with Gasteiger partial charge in [-0.05, 0) is 87.1 Å². The molecule has 212 valence electrons. The smallest absolute Gasteiger partial charge is 0.161 e. The molecule has 39 heavy (non-hydrogen) atoms. The van der Waals surface area contributed by atoms with Gasteiger partial charge in [0.15, 0.2) is 17.3 Å². The number of hydrogen-bond donors (Lipinski definition) is 3. The second-order valence-corrected chi connectivity index (χ2v) is 11.9. The van der Waals surface area contributed by atoms with E-state index in [-0.39, 0.29) is 0 Å². The summed E-state index contributed by atoms with van der Waals surface area (Å²) in [6, 6.07) is 12.1. The van der Waals surface area contributed by atoms with Crippen LogP contribution in [-0.2, 0) is 5.67 Å². The van der Waals surface area contributed by atoms with Gasteiger partial charge in [-0.25, -0.2) is 17.6 Å². The zero-order chi connectivity index (χ0) is 27.7. The van der Waals surface area contributed by atoms with Crippen LogP contribution < -0.4 is 16.0 Å². The molecule has 4 nitrogen and oxygen atoms in total. The molecule has 3 N–H and O–H groups in total. The quantitative estimate of drug-likeness (QED) is 0.278. The summed E-state index contributed by atoms with van der Waals surface area (Å²) in [4.78, 5) is 2.66. The molecule has 0 amide bonds. The van der Waals surface area contributed by atoms with E-state index in [1.807, 2.05) is 6.07 Å². The van der Waals surface area contributed by atoms with Crippen LogP contribution in [0.3, 0.4) is 0 Å². The van der Waals surface area contributed by atoms with Crippen molar-refractivity contribution in [2.24, 2.45) is 17.8 Å². The maximum Gasteiger partial charge on any atom is 0.161 e. The van der Waals surface area contributed by atoms with Crippen molar-refractivity contribution in [2.45, 2.75) is 63.3 Å². The lowest BCUT2D eigenvalue weighted by molar-refractivity contribution is 0.142. The Balaban J connectivity index is 1.01. The van der Waals surface area contributed by atoms with Gasteiger partial charge in [-0.1, -0.05) is 18.7 Å². The molecule has 0 spiro atoms. The molecule has 1 heterocycles. The number of rotatable bonds is 11. The van der Waals surface area contributed by atoms with E-state index in [0.29, 0.717) is 47.5 Å². The lowest BCUT2D eigenvalue weighted by atomic mass is 9.89. The van der Waals surface area contributed by atoms with Gasteiger partial charge in [0.1, 0.15) is 6.67 Å². The summed E-state index contributed by atoms with van der Waals surface area (Å²) in [5.74, 6) is 0.498. The minimum Gasteiger partial charge on any atom is -0.382 e. The average molecular weight is 545 g/mol. The number of nitrogens with zero attached hydrogens (tertiary/aromatic N) is 1. The van der Waals surface area contributed by atoms with Gasteiger partial charge in [0, 0.05) is 60.9 Å². The van der Waals surface area contributed by atoms with E-state index < -0.39 is 24.0 Å². The second kappa shape index (κ2) is 11.5. The molecule has 8 heteroatoms. The minimum absolute atomic E-state index is 0.301. The number of benzene rings is 2. The Morgan fingerprint density at radius 1 is 1.03 bits per heavy atom. The normalized spacial score (nSPS) is 28.8. The number of nitrogens with one attached hydrogen (secondary N) is 3. The number of halogens is 4. The van der Waals surface area contributed by atoms with Gasteiger partial charge in [-0.3, -0.25) is 4.90 Å². The van der Waals surface area contributed by atoms with Crippen LogP contribution in [0.5, 0.6) is 0 Å². The Labute approximate surface area is 229 Å². The maximum absolute atomic E-state index is 14.3. The summed E-state index contributed by atoms with van der Waals surface area (Å²) >= 11 is 0. The summed E-state index contributed by atoms with van der Waals surface area (Å²) in [6.45, 7) is 9.45. The van der Waals surface area contributed by atoms with Crippen molar-refractivity contribution in [1.29, 1.82) is 0 Å². The fourth-order valence-corrected chi connectivity index (χ4v) is 6.72. The molecule has 5 rings (SSSR count). The highest BCUT2D eigenvalue weighted by Crippen LogP contribution is 2.54. The third-order valence-corrected chi connectivity index (χ3v) is 9.04. The number of fused-ring (bicyclic) bond motifs is 1. The number of anilines is 2. The van der Waals surface area contributed by atoms with Gasteiger partial charge < -0.3 is 16.0 Å². The number of likely N-dealkylation sites (tertiary alicyclic amines) is 1. The predicted molar refractivity (Wildman–Crippen MR) is 149 cm³/mol. The van der Waals surface area contributed by atoms with Crippen molar-refractivity contribution in [3.63, 3.8) is 0 Å². The van der Waals surface area contributed by atoms with Crippen LogP contribution in [0.2, 0.25) is 0 Å².